The van der Waals surface area contributed by atoms with Crippen molar-refractivity contribution in [1.82, 2.24) is 4.90 Å². The van der Waals surface area contributed by atoms with Crippen LogP contribution in [0.1, 0.15) is 29.0 Å². The van der Waals surface area contributed by atoms with E-state index in [1.165, 1.54) is 12.8 Å². The van der Waals surface area contributed by atoms with Crippen LogP contribution in [-0.4, -0.2) is 31.5 Å². The number of hydrogen-bond donors (Lipinski definition) is 0. The topological polar surface area (TPSA) is 42.7 Å². The van der Waals surface area contributed by atoms with Gasteiger partial charge in [0.2, 0.25) is 0 Å². The van der Waals surface area contributed by atoms with Crippen molar-refractivity contribution in [2.75, 3.05) is 20.7 Å². The highest BCUT2D eigenvalue weighted by molar-refractivity contribution is 6.07. The number of hydrogen-bond acceptors (Lipinski definition) is 3. The lowest BCUT2D eigenvalue weighted by Gasteiger charge is -2.16. The van der Waals surface area contributed by atoms with Gasteiger partial charge in [0.05, 0.1) is 12.7 Å². The summed E-state index contributed by atoms with van der Waals surface area (Å²) in [4.78, 5) is 14.4. The van der Waals surface area contributed by atoms with Gasteiger partial charge >= 0.3 is 0 Å². The van der Waals surface area contributed by atoms with Gasteiger partial charge in [0.15, 0.2) is 0 Å². The fourth-order valence-corrected chi connectivity index (χ4v) is 2.55. The van der Waals surface area contributed by atoms with E-state index in [9.17, 15) is 4.79 Å². The molecule has 4 nitrogen and oxygen atoms in total. The molecule has 1 heterocycles. The second-order valence-corrected chi connectivity index (χ2v) is 5.52. The first kappa shape index (κ1) is 13.0. The molecule has 1 saturated carbocycles. The van der Waals surface area contributed by atoms with Gasteiger partial charge in [0, 0.05) is 19.0 Å². The molecule has 1 aliphatic carbocycles. The van der Waals surface area contributed by atoms with E-state index in [1.807, 2.05) is 32.2 Å². The van der Waals surface area contributed by atoms with Crippen LogP contribution in [0.25, 0.3) is 11.0 Å². The molecule has 1 aliphatic rings. The van der Waals surface area contributed by atoms with Gasteiger partial charge in [-0.2, -0.15) is 0 Å². The van der Waals surface area contributed by atoms with E-state index in [0.717, 1.165) is 23.3 Å². The Morgan fingerprint density at radius 1 is 1.45 bits per heavy atom. The molecule has 1 amide bonds. The lowest BCUT2D eigenvalue weighted by atomic mass is 10.1. The number of benzene rings is 1. The zero-order chi connectivity index (χ0) is 14.3. The predicted molar refractivity (Wildman–Crippen MR) is 77.2 cm³/mol. The minimum atomic E-state index is 0.0291. The quantitative estimate of drug-likeness (QED) is 0.859. The Hall–Kier alpha value is -1.97. The van der Waals surface area contributed by atoms with Crippen LogP contribution >= 0.6 is 0 Å². The number of methoxy groups -OCH3 is 1. The lowest BCUT2D eigenvalue weighted by molar-refractivity contribution is 0.0788. The Bertz CT molecular complexity index is 655. The predicted octanol–water partition coefficient (Wildman–Crippen LogP) is 3.23. The molecule has 0 N–H and O–H groups in total. The maximum Gasteiger partial charge on any atom is 0.257 e. The van der Waals surface area contributed by atoms with Crippen LogP contribution in [0.4, 0.5) is 0 Å². The number of fused-ring (bicyclic) bond motifs is 1. The molecule has 0 aliphatic heterocycles. The van der Waals surface area contributed by atoms with E-state index < -0.39 is 0 Å². The SMILES string of the molecule is COc1ccc2oc(C)c(C(=O)N(C)CC3CC3)c2c1. The third-order valence-electron chi connectivity index (χ3n) is 3.86. The molecule has 4 heteroatoms. The van der Waals surface area contributed by atoms with Crippen LogP contribution in [0, 0.1) is 12.8 Å². The van der Waals surface area contributed by atoms with Crippen molar-refractivity contribution in [3.63, 3.8) is 0 Å². The molecule has 0 atom stereocenters. The van der Waals surface area contributed by atoms with Gasteiger partial charge in [0.25, 0.3) is 5.91 Å². The summed E-state index contributed by atoms with van der Waals surface area (Å²) < 4.78 is 10.9. The Kier molecular flexibility index (Phi) is 3.16. The number of rotatable bonds is 4. The molecule has 0 unspecified atom stereocenters. The first-order chi connectivity index (χ1) is 9.60. The standard InChI is InChI=1S/C16H19NO3/c1-10-15(16(18)17(2)9-11-4-5-11)13-8-12(19-3)6-7-14(13)20-10/h6-8,11H,4-5,9H2,1-3H3. The van der Waals surface area contributed by atoms with Crippen LogP contribution in [-0.2, 0) is 0 Å². The highest BCUT2D eigenvalue weighted by Crippen LogP contribution is 2.32. The summed E-state index contributed by atoms with van der Waals surface area (Å²) in [5, 5.41) is 0.828. The Morgan fingerprint density at radius 2 is 2.20 bits per heavy atom. The first-order valence-corrected chi connectivity index (χ1v) is 6.92. The number of furan rings is 1. The fraction of sp³-hybridized carbons (Fsp3) is 0.438. The summed E-state index contributed by atoms with van der Waals surface area (Å²) in [7, 11) is 3.48. The number of carbonyl (C=O) groups is 1. The molecule has 1 aromatic carbocycles. The number of nitrogens with zero attached hydrogens (tertiary/aromatic N) is 1. The monoisotopic (exact) mass is 273 g/mol. The van der Waals surface area contributed by atoms with E-state index in [2.05, 4.69) is 0 Å². The molecule has 0 bridgehead atoms. The van der Waals surface area contributed by atoms with Gasteiger partial charge in [-0.1, -0.05) is 0 Å². The summed E-state index contributed by atoms with van der Waals surface area (Å²) in [5.41, 5.74) is 1.38. The van der Waals surface area contributed by atoms with E-state index >= 15 is 0 Å². The van der Waals surface area contributed by atoms with Crippen molar-refractivity contribution in [1.29, 1.82) is 0 Å². The maximum absolute atomic E-state index is 12.6. The van der Waals surface area contributed by atoms with Gasteiger partial charge in [-0.3, -0.25) is 4.79 Å². The molecule has 1 fully saturated rings. The Balaban J connectivity index is 1.99. The van der Waals surface area contributed by atoms with Crippen molar-refractivity contribution in [3.8, 4) is 5.75 Å². The zero-order valence-electron chi connectivity index (χ0n) is 12.1. The summed E-state index contributed by atoms with van der Waals surface area (Å²) in [6, 6.07) is 5.55. The molecule has 106 valence electrons. The third-order valence-corrected chi connectivity index (χ3v) is 3.86. The van der Waals surface area contributed by atoms with Crippen molar-refractivity contribution < 1.29 is 13.9 Å². The lowest BCUT2D eigenvalue weighted by Crippen LogP contribution is -2.29. The Labute approximate surface area is 118 Å². The molecule has 0 saturated heterocycles. The summed E-state index contributed by atoms with van der Waals surface area (Å²) in [6.45, 7) is 2.67. The number of amides is 1. The van der Waals surface area contributed by atoms with Crippen LogP contribution in [0.15, 0.2) is 22.6 Å². The minimum absolute atomic E-state index is 0.0291. The molecule has 0 radical (unpaired) electrons. The van der Waals surface area contributed by atoms with Crippen molar-refractivity contribution in [2.45, 2.75) is 19.8 Å². The van der Waals surface area contributed by atoms with Crippen LogP contribution < -0.4 is 4.74 Å². The fourth-order valence-electron chi connectivity index (χ4n) is 2.55. The smallest absolute Gasteiger partial charge is 0.257 e. The van der Waals surface area contributed by atoms with Gasteiger partial charge < -0.3 is 14.1 Å². The van der Waals surface area contributed by atoms with E-state index in [4.69, 9.17) is 9.15 Å². The van der Waals surface area contributed by atoms with Crippen molar-refractivity contribution in [3.05, 3.63) is 29.5 Å². The second kappa shape index (κ2) is 4.85. The summed E-state index contributed by atoms with van der Waals surface area (Å²) in [5.74, 6) is 2.11. The van der Waals surface area contributed by atoms with Crippen LogP contribution in [0.2, 0.25) is 0 Å². The third kappa shape index (κ3) is 2.26. The highest BCUT2D eigenvalue weighted by Gasteiger charge is 2.27. The molecular formula is C16H19NO3. The molecule has 2 aromatic rings. The van der Waals surface area contributed by atoms with E-state index in [0.29, 0.717) is 17.2 Å². The Morgan fingerprint density at radius 3 is 2.85 bits per heavy atom. The largest absolute Gasteiger partial charge is 0.497 e. The molecule has 20 heavy (non-hydrogen) atoms. The van der Waals surface area contributed by atoms with Crippen LogP contribution in [0.5, 0.6) is 5.75 Å². The molecule has 1 aromatic heterocycles. The van der Waals surface area contributed by atoms with Gasteiger partial charge in [-0.15, -0.1) is 0 Å². The average Bonchev–Trinajstić information content (AvgIpc) is 3.18. The molecule has 0 spiro atoms. The van der Waals surface area contributed by atoms with E-state index in [1.54, 1.807) is 12.0 Å². The number of carbonyl (C=O) groups excluding carboxylic acids is 1. The van der Waals surface area contributed by atoms with Crippen molar-refractivity contribution >= 4 is 16.9 Å². The number of aryl methyl sites for hydroxylation is 1. The van der Waals surface area contributed by atoms with E-state index in [-0.39, 0.29) is 5.91 Å². The van der Waals surface area contributed by atoms with Crippen LogP contribution in [0.3, 0.4) is 0 Å². The maximum atomic E-state index is 12.6. The molecule has 3 rings (SSSR count). The van der Waals surface area contributed by atoms with Gasteiger partial charge in [0.1, 0.15) is 17.1 Å². The molecular weight excluding hydrogens is 254 g/mol. The average molecular weight is 273 g/mol. The zero-order valence-corrected chi connectivity index (χ0v) is 12.1. The second-order valence-electron chi connectivity index (χ2n) is 5.52. The van der Waals surface area contributed by atoms with Gasteiger partial charge in [-0.05, 0) is 43.9 Å². The summed E-state index contributed by atoms with van der Waals surface area (Å²) in [6.07, 6.45) is 2.47. The van der Waals surface area contributed by atoms with Crippen molar-refractivity contribution in [2.24, 2.45) is 5.92 Å². The minimum Gasteiger partial charge on any atom is -0.497 e. The normalized spacial score (nSPS) is 14.6. The first-order valence-electron chi connectivity index (χ1n) is 6.92. The highest BCUT2D eigenvalue weighted by atomic mass is 16.5. The summed E-state index contributed by atoms with van der Waals surface area (Å²) >= 11 is 0. The van der Waals surface area contributed by atoms with Gasteiger partial charge in [-0.25, -0.2) is 0 Å². The number of ether oxygens (including phenoxy) is 1.